The van der Waals surface area contributed by atoms with E-state index in [1.165, 1.54) is 0 Å². The van der Waals surface area contributed by atoms with Crippen LogP contribution in [0.2, 0.25) is 0 Å². The summed E-state index contributed by atoms with van der Waals surface area (Å²) < 4.78 is 4.95. The van der Waals surface area contributed by atoms with Gasteiger partial charge in [0.05, 0.1) is 11.3 Å². The lowest BCUT2D eigenvalue weighted by Gasteiger charge is -2.13. The zero-order chi connectivity index (χ0) is 15.5. The van der Waals surface area contributed by atoms with Crippen molar-refractivity contribution < 1.29 is 9.53 Å². The van der Waals surface area contributed by atoms with E-state index < -0.39 is 0 Å². The Morgan fingerprint density at radius 1 is 1.38 bits per heavy atom. The molecule has 0 saturated carbocycles. The number of carbonyl (C=O) groups excluding carboxylic acids is 1. The number of carbonyl (C=O) groups is 1. The smallest absolute Gasteiger partial charge is 0.253 e. The number of hydrogen-bond donors (Lipinski definition) is 3. The van der Waals surface area contributed by atoms with Crippen LogP contribution in [0.3, 0.4) is 0 Å². The molecule has 1 rings (SSSR count). The van der Waals surface area contributed by atoms with Crippen LogP contribution in [0.5, 0.6) is 0 Å². The second-order valence-electron chi connectivity index (χ2n) is 4.27. The zero-order valence-corrected chi connectivity index (χ0v) is 13.0. The summed E-state index contributed by atoms with van der Waals surface area (Å²) in [5.74, 6) is -0.138. The molecule has 0 radical (unpaired) electrons. The number of anilines is 1. The Morgan fingerprint density at radius 3 is 2.86 bits per heavy atom. The average Bonchev–Trinajstić information content (AvgIpc) is 2.50. The normalized spacial score (nSPS) is 9.76. The van der Waals surface area contributed by atoms with E-state index in [4.69, 9.17) is 17.0 Å². The van der Waals surface area contributed by atoms with Gasteiger partial charge in [0.25, 0.3) is 5.91 Å². The van der Waals surface area contributed by atoms with Crippen LogP contribution in [0.1, 0.15) is 16.8 Å². The van der Waals surface area contributed by atoms with E-state index in [9.17, 15) is 4.79 Å². The maximum absolute atomic E-state index is 12.2. The van der Waals surface area contributed by atoms with E-state index >= 15 is 0 Å². The summed E-state index contributed by atoms with van der Waals surface area (Å²) in [6.07, 6.45) is 2.49. The minimum Gasteiger partial charge on any atom is -0.385 e. The van der Waals surface area contributed by atoms with Crippen molar-refractivity contribution in [3.8, 4) is 0 Å². The number of benzene rings is 1. The molecule has 0 aliphatic rings. The molecule has 0 aromatic heterocycles. The second kappa shape index (κ2) is 9.90. The largest absolute Gasteiger partial charge is 0.385 e. The molecule has 0 unspecified atom stereocenters. The molecule has 0 aliphatic heterocycles. The highest BCUT2D eigenvalue weighted by Gasteiger charge is 2.10. The molecule has 114 valence electrons. The van der Waals surface area contributed by atoms with E-state index in [0.29, 0.717) is 36.1 Å². The van der Waals surface area contributed by atoms with Gasteiger partial charge in [-0.1, -0.05) is 18.2 Å². The molecular weight excluding hydrogens is 286 g/mol. The molecule has 5 nitrogen and oxygen atoms in total. The Labute approximate surface area is 130 Å². The third-order valence-electron chi connectivity index (χ3n) is 2.64. The van der Waals surface area contributed by atoms with E-state index in [2.05, 4.69) is 22.5 Å². The topological polar surface area (TPSA) is 62.4 Å². The predicted molar refractivity (Wildman–Crippen MR) is 89.7 cm³/mol. The maximum Gasteiger partial charge on any atom is 0.253 e. The first-order valence-electron chi connectivity index (χ1n) is 6.71. The predicted octanol–water partition coefficient (Wildman–Crippen LogP) is 1.93. The monoisotopic (exact) mass is 307 g/mol. The molecule has 0 aliphatic carbocycles. The van der Waals surface area contributed by atoms with Crippen molar-refractivity contribution in [1.82, 2.24) is 10.6 Å². The van der Waals surface area contributed by atoms with Gasteiger partial charge >= 0.3 is 0 Å². The summed E-state index contributed by atoms with van der Waals surface area (Å²) >= 11 is 5.15. The Hall–Kier alpha value is -1.92. The summed E-state index contributed by atoms with van der Waals surface area (Å²) in [7, 11) is 1.64. The lowest BCUT2D eigenvalue weighted by Crippen LogP contribution is -2.30. The number of rotatable bonds is 8. The Kier molecular flexibility index (Phi) is 8.08. The van der Waals surface area contributed by atoms with Gasteiger partial charge in [0.2, 0.25) is 0 Å². The first-order chi connectivity index (χ1) is 10.2. The van der Waals surface area contributed by atoms with E-state index in [-0.39, 0.29) is 5.91 Å². The molecule has 6 heteroatoms. The SMILES string of the molecule is C=CCNC(=S)Nc1ccccc1C(=O)NCCCOC. The van der Waals surface area contributed by atoms with Gasteiger partial charge in [0.1, 0.15) is 0 Å². The van der Waals surface area contributed by atoms with Crippen molar-refractivity contribution in [1.29, 1.82) is 0 Å². The number of thiocarbonyl (C=S) groups is 1. The molecule has 0 bridgehead atoms. The van der Waals surface area contributed by atoms with Gasteiger partial charge in [0.15, 0.2) is 5.11 Å². The Bertz CT molecular complexity index is 492. The fraction of sp³-hybridized carbons (Fsp3) is 0.333. The first-order valence-corrected chi connectivity index (χ1v) is 7.11. The Morgan fingerprint density at radius 2 is 2.14 bits per heavy atom. The van der Waals surface area contributed by atoms with Gasteiger partial charge in [-0.25, -0.2) is 0 Å². The van der Waals surface area contributed by atoms with Crippen LogP contribution in [0.4, 0.5) is 5.69 Å². The van der Waals surface area contributed by atoms with E-state index in [1.54, 1.807) is 19.3 Å². The third-order valence-corrected chi connectivity index (χ3v) is 2.88. The average molecular weight is 307 g/mol. The van der Waals surface area contributed by atoms with Crippen molar-refractivity contribution >= 4 is 28.9 Å². The molecule has 0 spiro atoms. The van der Waals surface area contributed by atoms with Crippen LogP contribution in [-0.4, -0.2) is 37.8 Å². The molecule has 0 saturated heterocycles. The van der Waals surface area contributed by atoms with E-state index in [1.807, 2.05) is 18.2 Å². The highest BCUT2D eigenvalue weighted by molar-refractivity contribution is 7.80. The van der Waals surface area contributed by atoms with Crippen LogP contribution in [-0.2, 0) is 4.74 Å². The highest BCUT2D eigenvalue weighted by atomic mass is 32.1. The van der Waals surface area contributed by atoms with Gasteiger partial charge in [-0.15, -0.1) is 6.58 Å². The lowest BCUT2D eigenvalue weighted by atomic mass is 10.1. The number of amides is 1. The number of ether oxygens (including phenoxy) is 1. The summed E-state index contributed by atoms with van der Waals surface area (Å²) in [5, 5.41) is 9.28. The number of hydrogen-bond acceptors (Lipinski definition) is 3. The third kappa shape index (κ3) is 6.37. The minimum atomic E-state index is -0.138. The van der Waals surface area contributed by atoms with Crippen LogP contribution in [0.15, 0.2) is 36.9 Å². The molecule has 1 aromatic carbocycles. The van der Waals surface area contributed by atoms with Gasteiger partial charge in [-0.2, -0.15) is 0 Å². The van der Waals surface area contributed by atoms with Crippen LogP contribution < -0.4 is 16.0 Å². The molecule has 0 atom stereocenters. The second-order valence-corrected chi connectivity index (χ2v) is 4.68. The minimum absolute atomic E-state index is 0.138. The van der Waals surface area contributed by atoms with Crippen molar-refractivity contribution in [3.63, 3.8) is 0 Å². The van der Waals surface area contributed by atoms with Crippen molar-refractivity contribution in [3.05, 3.63) is 42.5 Å². The van der Waals surface area contributed by atoms with Gasteiger partial charge in [0, 0.05) is 26.8 Å². The first kappa shape index (κ1) is 17.1. The summed E-state index contributed by atoms with van der Waals surface area (Å²) in [6.45, 7) is 5.37. The number of para-hydroxylation sites is 1. The van der Waals surface area contributed by atoms with Crippen molar-refractivity contribution in [2.75, 3.05) is 32.1 Å². The van der Waals surface area contributed by atoms with Crippen LogP contribution in [0.25, 0.3) is 0 Å². The lowest BCUT2D eigenvalue weighted by molar-refractivity contribution is 0.0949. The van der Waals surface area contributed by atoms with Crippen LogP contribution in [0, 0.1) is 0 Å². The van der Waals surface area contributed by atoms with Gasteiger partial charge in [-0.3, -0.25) is 4.79 Å². The molecule has 1 amide bonds. The standard InChI is InChI=1S/C15H21N3O2S/c1-3-9-17-15(21)18-13-8-5-4-7-12(13)14(19)16-10-6-11-20-2/h3-5,7-8H,1,6,9-11H2,2H3,(H,16,19)(H2,17,18,21). The Balaban J connectivity index is 2.63. The van der Waals surface area contributed by atoms with Crippen molar-refractivity contribution in [2.24, 2.45) is 0 Å². The van der Waals surface area contributed by atoms with E-state index in [0.717, 1.165) is 6.42 Å². The van der Waals surface area contributed by atoms with Crippen LogP contribution >= 0.6 is 12.2 Å². The molecule has 3 N–H and O–H groups in total. The highest BCUT2D eigenvalue weighted by Crippen LogP contribution is 2.14. The zero-order valence-electron chi connectivity index (χ0n) is 12.1. The summed E-state index contributed by atoms with van der Waals surface area (Å²) in [5.41, 5.74) is 1.22. The number of nitrogens with one attached hydrogen (secondary N) is 3. The molecular formula is C15H21N3O2S. The number of methoxy groups -OCH3 is 1. The molecule has 21 heavy (non-hydrogen) atoms. The summed E-state index contributed by atoms with van der Waals surface area (Å²) in [4.78, 5) is 12.2. The van der Waals surface area contributed by atoms with Gasteiger partial charge < -0.3 is 20.7 Å². The quantitative estimate of drug-likeness (QED) is 0.389. The fourth-order valence-corrected chi connectivity index (χ4v) is 1.83. The molecule has 0 heterocycles. The van der Waals surface area contributed by atoms with Gasteiger partial charge in [-0.05, 0) is 30.8 Å². The molecule has 1 aromatic rings. The summed E-state index contributed by atoms with van der Waals surface area (Å²) in [6, 6.07) is 7.23. The molecule has 0 fully saturated rings. The maximum atomic E-state index is 12.2. The van der Waals surface area contributed by atoms with Crippen molar-refractivity contribution in [2.45, 2.75) is 6.42 Å². The fourth-order valence-electron chi connectivity index (χ4n) is 1.64.